The van der Waals surface area contributed by atoms with Gasteiger partial charge in [0.15, 0.2) is 0 Å². The number of benzene rings is 3. The molecule has 0 aliphatic carbocycles. The van der Waals surface area contributed by atoms with Crippen LogP contribution in [0.4, 0.5) is 23.7 Å². The predicted molar refractivity (Wildman–Crippen MR) is 99.3 cm³/mol. The average Bonchev–Trinajstić information content (AvgIpc) is 2.67. The lowest BCUT2D eigenvalue weighted by Gasteiger charge is -2.18. The van der Waals surface area contributed by atoms with E-state index in [0.717, 1.165) is 21.9 Å². The van der Waals surface area contributed by atoms with Crippen molar-refractivity contribution >= 4 is 22.5 Å². The van der Waals surface area contributed by atoms with Gasteiger partial charge in [-0.25, -0.2) is 9.86 Å². The van der Waals surface area contributed by atoms with Crippen molar-refractivity contribution < 1.29 is 27.5 Å². The monoisotopic (exact) mass is 390 g/mol. The number of nitrogens with one attached hydrogen (secondary N) is 1. The molecule has 0 saturated heterocycles. The third-order valence-electron chi connectivity index (χ3n) is 4.04. The van der Waals surface area contributed by atoms with Gasteiger partial charge in [0, 0.05) is 12.7 Å². The maximum atomic E-state index is 13.5. The number of nitrogens with zero attached hydrogens (tertiary/aromatic N) is 1. The molecule has 0 bridgehead atoms. The zero-order valence-electron chi connectivity index (χ0n) is 15.1. The smallest absolute Gasteiger partial charge is 0.420 e. The molecule has 3 aromatic rings. The summed E-state index contributed by atoms with van der Waals surface area (Å²) < 4.78 is 46.1. The van der Waals surface area contributed by atoms with Crippen molar-refractivity contribution in [2.75, 3.05) is 19.5 Å². The van der Waals surface area contributed by atoms with Gasteiger partial charge in [-0.05, 0) is 41.1 Å². The molecule has 1 N–H and O–H groups in total. The fraction of sp³-hybridized carbons (Fsp3) is 0.150. The second-order valence-corrected chi connectivity index (χ2v) is 5.93. The minimum Gasteiger partial charge on any atom is -0.457 e. The van der Waals surface area contributed by atoms with Crippen molar-refractivity contribution in [1.82, 2.24) is 5.06 Å². The maximum absolute atomic E-state index is 13.5. The summed E-state index contributed by atoms with van der Waals surface area (Å²) >= 11 is 0. The largest absolute Gasteiger partial charge is 0.457 e. The molecule has 0 aliphatic heterocycles. The second kappa shape index (κ2) is 7.77. The Morgan fingerprint density at radius 3 is 2.39 bits per heavy atom. The van der Waals surface area contributed by atoms with Crippen molar-refractivity contribution in [3.63, 3.8) is 0 Å². The van der Waals surface area contributed by atoms with Crippen LogP contribution in [0.5, 0.6) is 11.5 Å². The highest BCUT2D eigenvalue weighted by Crippen LogP contribution is 2.40. The van der Waals surface area contributed by atoms with Crippen LogP contribution in [0.15, 0.2) is 60.7 Å². The number of rotatable bonds is 4. The first-order valence-electron chi connectivity index (χ1n) is 8.24. The van der Waals surface area contributed by atoms with Gasteiger partial charge in [0.25, 0.3) is 0 Å². The highest BCUT2D eigenvalue weighted by molar-refractivity contribution is 5.88. The number of carbonyl (C=O) groups excluding carboxylic acids is 1. The number of hydroxylamine groups is 2. The second-order valence-electron chi connectivity index (χ2n) is 5.93. The average molecular weight is 390 g/mol. The third kappa shape index (κ3) is 4.34. The van der Waals surface area contributed by atoms with Crippen LogP contribution >= 0.6 is 0 Å². The first kappa shape index (κ1) is 19.5. The Hall–Kier alpha value is -3.26. The lowest BCUT2D eigenvalue weighted by Crippen LogP contribution is -2.30. The molecule has 3 rings (SSSR count). The van der Waals surface area contributed by atoms with Gasteiger partial charge in [-0.1, -0.05) is 30.3 Å². The molecule has 0 spiro atoms. The standard InChI is InChI=1S/C20H17F3N2O3/c1-25(27-2)19(26)24-15-8-10-18(17(12-15)20(21,22)23)28-16-9-7-13-5-3-4-6-14(13)11-16/h3-12H,1-2H3,(H,24,26). The van der Waals surface area contributed by atoms with Gasteiger partial charge in [0.2, 0.25) is 0 Å². The highest BCUT2D eigenvalue weighted by atomic mass is 19.4. The van der Waals surface area contributed by atoms with Crippen LogP contribution < -0.4 is 10.1 Å². The van der Waals surface area contributed by atoms with Crippen LogP contribution in [0.2, 0.25) is 0 Å². The number of carbonyl (C=O) groups is 1. The van der Waals surface area contributed by atoms with Gasteiger partial charge < -0.3 is 10.1 Å². The molecule has 3 aromatic carbocycles. The molecule has 0 aliphatic rings. The number of ether oxygens (including phenoxy) is 1. The molecule has 2 amide bonds. The zero-order valence-corrected chi connectivity index (χ0v) is 15.1. The molecular formula is C20H17F3N2O3. The summed E-state index contributed by atoms with van der Waals surface area (Å²) in [5.74, 6) is -0.0824. The number of alkyl halides is 3. The van der Waals surface area contributed by atoms with Gasteiger partial charge in [-0.3, -0.25) is 4.84 Å². The zero-order chi connectivity index (χ0) is 20.3. The number of halogens is 3. The number of hydrogen-bond donors (Lipinski definition) is 1. The van der Waals surface area contributed by atoms with E-state index >= 15 is 0 Å². The fourth-order valence-corrected chi connectivity index (χ4v) is 2.56. The van der Waals surface area contributed by atoms with Gasteiger partial charge in [-0.2, -0.15) is 13.2 Å². The molecule has 5 nitrogen and oxygen atoms in total. The summed E-state index contributed by atoms with van der Waals surface area (Å²) in [6, 6.07) is 15.1. The normalized spacial score (nSPS) is 11.3. The molecule has 0 unspecified atom stereocenters. The molecule has 0 saturated carbocycles. The Morgan fingerprint density at radius 1 is 1.00 bits per heavy atom. The fourth-order valence-electron chi connectivity index (χ4n) is 2.56. The summed E-state index contributed by atoms with van der Waals surface area (Å²) in [4.78, 5) is 16.5. The molecule has 146 valence electrons. The van der Waals surface area contributed by atoms with Gasteiger partial charge in [0.05, 0.1) is 7.11 Å². The van der Waals surface area contributed by atoms with E-state index in [1.54, 1.807) is 18.2 Å². The van der Waals surface area contributed by atoms with Crippen molar-refractivity contribution in [2.24, 2.45) is 0 Å². The lowest BCUT2D eigenvalue weighted by molar-refractivity contribution is -0.138. The summed E-state index contributed by atoms with van der Waals surface area (Å²) in [5.41, 5.74) is -1.04. The quantitative estimate of drug-likeness (QED) is 0.584. The number of amides is 2. The third-order valence-corrected chi connectivity index (χ3v) is 4.04. The van der Waals surface area contributed by atoms with Crippen LogP contribution in [0, 0.1) is 0 Å². The van der Waals surface area contributed by atoms with E-state index in [9.17, 15) is 18.0 Å². The Morgan fingerprint density at radius 2 is 1.71 bits per heavy atom. The number of hydrogen-bond acceptors (Lipinski definition) is 3. The molecular weight excluding hydrogens is 373 g/mol. The van der Waals surface area contributed by atoms with E-state index in [4.69, 9.17) is 9.57 Å². The predicted octanol–water partition coefficient (Wildman–Crippen LogP) is 5.68. The Kier molecular flexibility index (Phi) is 5.41. The topological polar surface area (TPSA) is 50.8 Å². The van der Waals surface area contributed by atoms with E-state index < -0.39 is 17.8 Å². The lowest BCUT2D eigenvalue weighted by atomic mass is 10.1. The number of urea groups is 1. The van der Waals surface area contributed by atoms with Crippen LogP contribution in [-0.2, 0) is 11.0 Å². The Labute approximate surface area is 159 Å². The van der Waals surface area contributed by atoms with E-state index in [-0.39, 0.29) is 17.2 Å². The van der Waals surface area contributed by atoms with E-state index in [0.29, 0.717) is 0 Å². The first-order valence-corrected chi connectivity index (χ1v) is 8.24. The van der Waals surface area contributed by atoms with Gasteiger partial charge in [-0.15, -0.1) is 0 Å². The first-order chi connectivity index (χ1) is 13.3. The summed E-state index contributed by atoms with van der Waals surface area (Å²) in [6.07, 6.45) is -4.67. The molecule has 0 aromatic heterocycles. The van der Waals surface area contributed by atoms with Gasteiger partial charge >= 0.3 is 12.2 Å². The van der Waals surface area contributed by atoms with Gasteiger partial charge in [0.1, 0.15) is 17.1 Å². The van der Waals surface area contributed by atoms with Crippen molar-refractivity contribution in [3.05, 3.63) is 66.2 Å². The van der Waals surface area contributed by atoms with Crippen LogP contribution in [-0.4, -0.2) is 25.3 Å². The van der Waals surface area contributed by atoms with E-state index in [1.807, 2.05) is 24.3 Å². The molecule has 0 radical (unpaired) electrons. The SMILES string of the molecule is CON(C)C(=O)Nc1ccc(Oc2ccc3ccccc3c2)c(C(F)(F)F)c1. The van der Waals surface area contributed by atoms with Crippen molar-refractivity contribution in [2.45, 2.75) is 6.18 Å². The van der Waals surface area contributed by atoms with E-state index in [1.165, 1.54) is 26.3 Å². The highest BCUT2D eigenvalue weighted by Gasteiger charge is 2.35. The van der Waals surface area contributed by atoms with Crippen molar-refractivity contribution in [1.29, 1.82) is 0 Å². The molecule has 0 atom stereocenters. The Balaban J connectivity index is 1.92. The molecule has 8 heteroatoms. The summed E-state index contributed by atoms with van der Waals surface area (Å²) in [5, 5.41) is 4.98. The summed E-state index contributed by atoms with van der Waals surface area (Å²) in [6.45, 7) is 0. The number of fused-ring (bicyclic) bond motifs is 1. The molecule has 0 heterocycles. The van der Waals surface area contributed by atoms with Crippen LogP contribution in [0.25, 0.3) is 10.8 Å². The number of anilines is 1. The summed E-state index contributed by atoms with van der Waals surface area (Å²) in [7, 11) is 2.60. The van der Waals surface area contributed by atoms with Crippen LogP contribution in [0.1, 0.15) is 5.56 Å². The minimum absolute atomic E-state index is 0.0351. The minimum atomic E-state index is -4.67. The Bertz CT molecular complexity index is 1010. The maximum Gasteiger partial charge on any atom is 0.420 e. The van der Waals surface area contributed by atoms with Crippen molar-refractivity contribution in [3.8, 4) is 11.5 Å². The molecule has 0 fully saturated rings. The van der Waals surface area contributed by atoms with E-state index in [2.05, 4.69) is 5.32 Å². The van der Waals surface area contributed by atoms with Crippen LogP contribution in [0.3, 0.4) is 0 Å². The molecule has 28 heavy (non-hydrogen) atoms.